The van der Waals surface area contributed by atoms with E-state index in [0.29, 0.717) is 21.3 Å². The van der Waals surface area contributed by atoms with Gasteiger partial charge in [-0.15, -0.1) is 11.3 Å². The summed E-state index contributed by atoms with van der Waals surface area (Å²) >= 11 is 1.29. The Balaban J connectivity index is 1.67. The van der Waals surface area contributed by atoms with Gasteiger partial charge in [0.25, 0.3) is 5.91 Å². The number of urea groups is 1. The van der Waals surface area contributed by atoms with Crippen molar-refractivity contribution in [1.82, 2.24) is 20.2 Å². The number of hydrogen-bond donors (Lipinski definition) is 3. The number of imide groups is 1. The van der Waals surface area contributed by atoms with Crippen molar-refractivity contribution in [2.45, 2.75) is 12.1 Å². The summed E-state index contributed by atoms with van der Waals surface area (Å²) in [4.78, 5) is 29.3. The van der Waals surface area contributed by atoms with Crippen LogP contribution in [0.5, 0.6) is 5.88 Å². The first kappa shape index (κ1) is 16.7. The predicted octanol–water partition coefficient (Wildman–Crippen LogP) is 2.83. The number of thiazole rings is 1. The predicted molar refractivity (Wildman–Crippen MR) is 102 cm³/mol. The minimum absolute atomic E-state index is 0.0907. The summed E-state index contributed by atoms with van der Waals surface area (Å²) in [6.07, 6.45) is 1.61. The van der Waals surface area contributed by atoms with E-state index in [1.807, 2.05) is 24.3 Å². The average molecular weight is 396 g/mol. The van der Waals surface area contributed by atoms with E-state index in [0.717, 1.165) is 4.70 Å². The molecule has 1 saturated heterocycles. The smallest absolute Gasteiger partial charge is 0.322 e. The molecule has 1 unspecified atom stereocenters. The third kappa shape index (κ3) is 2.36. The van der Waals surface area contributed by atoms with E-state index in [1.165, 1.54) is 28.0 Å². The quantitative estimate of drug-likeness (QED) is 0.464. The van der Waals surface area contributed by atoms with Gasteiger partial charge >= 0.3 is 6.03 Å². The van der Waals surface area contributed by atoms with Gasteiger partial charge in [-0.2, -0.15) is 0 Å². The SMILES string of the molecule is O=C1NC(=O)C(Cn2cc3ccc(F)cc3c2O)(c2nc3ccccc3s2)N1. The fraction of sp³-hybridized carbons (Fsp3) is 0.105. The molecule has 140 valence electrons. The summed E-state index contributed by atoms with van der Waals surface area (Å²) in [5.74, 6) is -1.22. The third-order valence-corrected chi connectivity index (χ3v) is 6.03. The van der Waals surface area contributed by atoms with Gasteiger partial charge in [0.2, 0.25) is 0 Å². The zero-order valence-corrected chi connectivity index (χ0v) is 15.1. The van der Waals surface area contributed by atoms with Crippen molar-refractivity contribution in [3.63, 3.8) is 0 Å². The fourth-order valence-electron chi connectivity index (χ4n) is 3.47. The first-order valence-electron chi connectivity index (χ1n) is 8.43. The molecule has 0 bridgehead atoms. The summed E-state index contributed by atoms with van der Waals surface area (Å²) in [5, 5.41) is 16.8. The van der Waals surface area contributed by atoms with Crippen LogP contribution in [0.25, 0.3) is 21.0 Å². The molecule has 28 heavy (non-hydrogen) atoms. The second kappa shape index (κ2) is 5.77. The molecule has 2 aromatic carbocycles. The molecule has 2 aromatic heterocycles. The molecule has 7 nitrogen and oxygen atoms in total. The van der Waals surface area contributed by atoms with Gasteiger partial charge in [-0.25, -0.2) is 14.2 Å². The van der Waals surface area contributed by atoms with Gasteiger partial charge in [0.05, 0.1) is 16.8 Å². The average Bonchev–Trinajstić information content (AvgIpc) is 3.31. The molecule has 1 aliphatic rings. The molecule has 0 radical (unpaired) electrons. The normalized spacial score (nSPS) is 19.3. The highest BCUT2D eigenvalue weighted by Crippen LogP contribution is 2.36. The summed E-state index contributed by atoms with van der Waals surface area (Å²) in [5.41, 5.74) is -0.772. The van der Waals surface area contributed by atoms with Crippen LogP contribution in [0.15, 0.2) is 48.7 Å². The lowest BCUT2D eigenvalue weighted by Gasteiger charge is -2.24. The number of aromatic nitrogens is 2. The molecule has 9 heteroatoms. The number of carbonyl (C=O) groups excluding carboxylic acids is 2. The Hall–Kier alpha value is -3.46. The zero-order chi connectivity index (χ0) is 19.5. The minimum Gasteiger partial charge on any atom is -0.494 e. The molecule has 3 heterocycles. The van der Waals surface area contributed by atoms with Crippen LogP contribution < -0.4 is 10.6 Å². The van der Waals surface area contributed by atoms with Crippen molar-refractivity contribution in [1.29, 1.82) is 0 Å². The second-order valence-corrected chi connectivity index (χ2v) is 7.64. The van der Waals surface area contributed by atoms with Crippen molar-refractivity contribution >= 4 is 44.3 Å². The van der Waals surface area contributed by atoms with E-state index in [-0.39, 0.29) is 12.4 Å². The Bertz CT molecular complexity index is 1250. The zero-order valence-electron chi connectivity index (χ0n) is 14.3. The topological polar surface area (TPSA) is 96.2 Å². The first-order chi connectivity index (χ1) is 13.5. The number of fused-ring (bicyclic) bond motifs is 2. The molecule has 3 amide bonds. The van der Waals surface area contributed by atoms with Gasteiger partial charge in [0.1, 0.15) is 10.8 Å². The lowest BCUT2D eigenvalue weighted by Crippen LogP contribution is -2.47. The van der Waals surface area contributed by atoms with Gasteiger partial charge in [0.15, 0.2) is 11.4 Å². The van der Waals surface area contributed by atoms with Crippen molar-refractivity contribution in [2.75, 3.05) is 0 Å². The van der Waals surface area contributed by atoms with Crippen LogP contribution in [0.2, 0.25) is 0 Å². The Morgan fingerprint density at radius 3 is 2.79 bits per heavy atom. The molecule has 1 atom stereocenters. The fourth-order valence-corrected chi connectivity index (χ4v) is 4.57. The van der Waals surface area contributed by atoms with Gasteiger partial charge in [-0.1, -0.05) is 12.1 Å². The molecule has 0 saturated carbocycles. The lowest BCUT2D eigenvalue weighted by molar-refractivity contribution is -0.124. The number of hydrogen-bond acceptors (Lipinski definition) is 5. The molecule has 0 spiro atoms. The Morgan fingerprint density at radius 1 is 1.21 bits per heavy atom. The van der Waals surface area contributed by atoms with Gasteiger partial charge < -0.3 is 15.0 Å². The highest BCUT2D eigenvalue weighted by Gasteiger charge is 2.51. The number of nitrogens with one attached hydrogen (secondary N) is 2. The van der Waals surface area contributed by atoms with E-state index in [1.54, 1.807) is 12.3 Å². The molecule has 0 aliphatic carbocycles. The van der Waals surface area contributed by atoms with Crippen LogP contribution in [0.1, 0.15) is 5.01 Å². The Labute approximate surface area is 161 Å². The number of nitrogens with zero attached hydrogens (tertiary/aromatic N) is 2. The van der Waals surface area contributed by atoms with E-state index in [9.17, 15) is 19.1 Å². The lowest BCUT2D eigenvalue weighted by atomic mass is 10.0. The number of amides is 3. The Morgan fingerprint density at radius 2 is 2.04 bits per heavy atom. The summed E-state index contributed by atoms with van der Waals surface area (Å²) in [6.45, 7) is -0.0907. The Kier molecular flexibility index (Phi) is 3.44. The highest BCUT2D eigenvalue weighted by molar-refractivity contribution is 7.18. The molecule has 1 fully saturated rings. The summed E-state index contributed by atoms with van der Waals surface area (Å²) < 4.78 is 15.8. The molecular weight excluding hydrogens is 383 g/mol. The number of para-hydroxylation sites is 1. The maximum atomic E-state index is 13.6. The van der Waals surface area contributed by atoms with E-state index < -0.39 is 23.3 Å². The number of benzene rings is 2. The summed E-state index contributed by atoms with van der Waals surface area (Å²) in [6, 6.07) is 10.8. The van der Waals surface area contributed by atoms with Crippen molar-refractivity contribution in [3.05, 3.63) is 59.5 Å². The monoisotopic (exact) mass is 396 g/mol. The number of aromatic hydroxyl groups is 1. The van der Waals surface area contributed by atoms with Crippen LogP contribution in [0.3, 0.4) is 0 Å². The van der Waals surface area contributed by atoms with Crippen LogP contribution in [-0.4, -0.2) is 26.6 Å². The van der Waals surface area contributed by atoms with Crippen LogP contribution in [-0.2, 0) is 16.9 Å². The maximum Gasteiger partial charge on any atom is 0.322 e. The number of halogens is 1. The molecule has 1 aliphatic heterocycles. The van der Waals surface area contributed by atoms with Crippen LogP contribution in [0, 0.1) is 5.82 Å². The largest absolute Gasteiger partial charge is 0.494 e. The highest BCUT2D eigenvalue weighted by atomic mass is 32.1. The van der Waals surface area contributed by atoms with E-state index in [4.69, 9.17) is 0 Å². The standard InChI is InChI=1S/C19H13FN4O3S/c20-11-6-5-10-8-24(15(25)12(10)7-11)9-19(16(26)22-18(27)23-19)17-21-13-3-1-2-4-14(13)28-17/h1-8,25H,9H2,(H2,22,23,26,27). The molecular formula is C19H13FN4O3S. The van der Waals surface area contributed by atoms with Crippen molar-refractivity contribution < 1.29 is 19.1 Å². The van der Waals surface area contributed by atoms with Crippen LogP contribution in [0.4, 0.5) is 9.18 Å². The minimum atomic E-state index is -1.48. The maximum absolute atomic E-state index is 13.6. The molecule has 5 rings (SSSR count). The van der Waals surface area contributed by atoms with Crippen molar-refractivity contribution in [2.24, 2.45) is 0 Å². The van der Waals surface area contributed by atoms with E-state index in [2.05, 4.69) is 15.6 Å². The van der Waals surface area contributed by atoms with Gasteiger partial charge in [-0.3, -0.25) is 10.1 Å². The molecule has 4 aromatic rings. The number of rotatable bonds is 3. The molecule has 3 N–H and O–H groups in total. The second-order valence-electron chi connectivity index (χ2n) is 6.61. The van der Waals surface area contributed by atoms with Crippen LogP contribution >= 0.6 is 11.3 Å². The summed E-state index contributed by atoms with van der Waals surface area (Å²) in [7, 11) is 0. The third-order valence-electron chi connectivity index (χ3n) is 4.83. The number of carbonyl (C=O) groups is 2. The van der Waals surface area contributed by atoms with Gasteiger partial charge in [-0.05, 0) is 30.3 Å². The first-order valence-corrected chi connectivity index (χ1v) is 9.25. The van der Waals surface area contributed by atoms with Crippen molar-refractivity contribution in [3.8, 4) is 5.88 Å². The van der Waals surface area contributed by atoms with Gasteiger partial charge in [0, 0.05) is 17.0 Å². The van der Waals surface area contributed by atoms with E-state index >= 15 is 0 Å².